The molecule has 5 heteroatoms. The number of anilines is 1. The van der Waals surface area contributed by atoms with Crippen LogP contribution in [0.3, 0.4) is 0 Å². The molecular formula is C26H27NO4. The second-order valence-electron chi connectivity index (χ2n) is 7.27. The Morgan fingerprint density at radius 1 is 1.06 bits per heavy atom. The summed E-state index contributed by atoms with van der Waals surface area (Å²) in [7, 11) is 1.64. The Morgan fingerprint density at radius 2 is 1.84 bits per heavy atom. The number of carbonyl (C=O) groups is 1. The highest BCUT2D eigenvalue weighted by molar-refractivity contribution is 5.93. The number of carboxylic acid groups (broad SMARTS) is 1. The van der Waals surface area contributed by atoms with Crippen molar-refractivity contribution in [2.75, 3.05) is 12.4 Å². The van der Waals surface area contributed by atoms with Crippen LogP contribution in [0.5, 0.6) is 11.5 Å². The molecule has 0 radical (unpaired) electrons. The van der Waals surface area contributed by atoms with Crippen LogP contribution in [0.15, 0.2) is 72.3 Å². The highest BCUT2D eigenvalue weighted by Gasteiger charge is 2.10. The molecule has 0 atom stereocenters. The van der Waals surface area contributed by atoms with Crippen molar-refractivity contribution in [2.45, 2.75) is 27.0 Å². The van der Waals surface area contributed by atoms with Crippen LogP contribution in [-0.4, -0.2) is 18.2 Å². The third-order valence-corrected chi connectivity index (χ3v) is 5.00. The normalized spacial score (nSPS) is 11.1. The van der Waals surface area contributed by atoms with Gasteiger partial charge in [-0.25, -0.2) is 4.79 Å². The van der Waals surface area contributed by atoms with Crippen LogP contribution in [0.25, 0.3) is 6.08 Å². The average molecular weight is 418 g/mol. The van der Waals surface area contributed by atoms with Gasteiger partial charge in [0.1, 0.15) is 18.1 Å². The average Bonchev–Trinajstić information content (AvgIpc) is 2.78. The molecule has 0 aliphatic rings. The first-order valence-electron chi connectivity index (χ1n) is 10.1. The summed E-state index contributed by atoms with van der Waals surface area (Å²) in [5.74, 6) is 0.534. The summed E-state index contributed by atoms with van der Waals surface area (Å²) >= 11 is 0. The molecule has 0 heterocycles. The van der Waals surface area contributed by atoms with Crippen molar-refractivity contribution in [1.82, 2.24) is 0 Å². The van der Waals surface area contributed by atoms with Crippen LogP contribution in [0.4, 0.5) is 5.69 Å². The molecule has 160 valence electrons. The molecule has 0 bridgehead atoms. The fraction of sp³-hybridized carbons (Fsp3) is 0.192. The number of aliphatic carboxylic acids is 1. The van der Waals surface area contributed by atoms with Crippen molar-refractivity contribution in [3.63, 3.8) is 0 Å². The summed E-state index contributed by atoms with van der Waals surface area (Å²) in [5.41, 5.74) is 5.10. The van der Waals surface area contributed by atoms with E-state index < -0.39 is 5.97 Å². The van der Waals surface area contributed by atoms with Gasteiger partial charge in [-0.3, -0.25) is 0 Å². The predicted molar refractivity (Wildman–Crippen MR) is 124 cm³/mol. The lowest BCUT2D eigenvalue weighted by atomic mass is 10.0. The van der Waals surface area contributed by atoms with Crippen molar-refractivity contribution in [1.29, 1.82) is 0 Å². The standard InChI is InChI=1S/C26H27NO4/c1-18-8-7-11-24(23(18)14-19(2)26(28)29)27-16-21-12-13-22(15-25(21)30-3)31-17-20-9-5-4-6-10-20/h4-15,27H,16-17H2,1-3H3,(H,28,29)/b19-14+. The number of rotatable bonds is 9. The van der Waals surface area contributed by atoms with E-state index in [2.05, 4.69) is 5.32 Å². The Bertz CT molecular complexity index is 1070. The van der Waals surface area contributed by atoms with E-state index in [9.17, 15) is 9.90 Å². The molecule has 5 nitrogen and oxygen atoms in total. The molecular weight excluding hydrogens is 390 g/mol. The van der Waals surface area contributed by atoms with Crippen molar-refractivity contribution in [3.8, 4) is 11.5 Å². The third-order valence-electron chi connectivity index (χ3n) is 5.00. The van der Waals surface area contributed by atoms with Crippen molar-refractivity contribution < 1.29 is 19.4 Å². The lowest BCUT2D eigenvalue weighted by Crippen LogP contribution is -2.05. The molecule has 0 amide bonds. The van der Waals surface area contributed by atoms with E-state index in [-0.39, 0.29) is 5.57 Å². The first-order valence-corrected chi connectivity index (χ1v) is 10.1. The van der Waals surface area contributed by atoms with E-state index in [0.717, 1.165) is 39.4 Å². The number of carboxylic acids is 1. The first kappa shape index (κ1) is 22.0. The number of hydrogen-bond donors (Lipinski definition) is 2. The second-order valence-corrected chi connectivity index (χ2v) is 7.27. The van der Waals surface area contributed by atoms with E-state index >= 15 is 0 Å². The van der Waals surface area contributed by atoms with E-state index in [0.29, 0.717) is 13.2 Å². The van der Waals surface area contributed by atoms with Gasteiger partial charge in [-0.2, -0.15) is 0 Å². The van der Waals surface area contributed by atoms with Crippen LogP contribution in [-0.2, 0) is 17.9 Å². The highest BCUT2D eigenvalue weighted by Crippen LogP contribution is 2.28. The monoisotopic (exact) mass is 417 g/mol. The van der Waals surface area contributed by atoms with Crippen LogP contribution < -0.4 is 14.8 Å². The maximum Gasteiger partial charge on any atom is 0.331 e. The van der Waals surface area contributed by atoms with Gasteiger partial charge in [-0.05, 0) is 49.2 Å². The number of aryl methyl sites for hydroxylation is 1. The minimum atomic E-state index is -0.929. The highest BCUT2D eigenvalue weighted by atomic mass is 16.5. The van der Waals surface area contributed by atoms with E-state index in [4.69, 9.17) is 9.47 Å². The second kappa shape index (κ2) is 10.3. The summed E-state index contributed by atoms with van der Waals surface area (Å²) in [4.78, 5) is 11.2. The molecule has 3 aromatic rings. The van der Waals surface area contributed by atoms with Crippen LogP contribution in [0.1, 0.15) is 29.2 Å². The van der Waals surface area contributed by atoms with Crippen molar-refractivity contribution >= 4 is 17.7 Å². The molecule has 0 aliphatic heterocycles. The third kappa shape index (κ3) is 5.89. The smallest absolute Gasteiger partial charge is 0.331 e. The van der Waals surface area contributed by atoms with Gasteiger partial charge in [0.05, 0.1) is 7.11 Å². The molecule has 3 rings (SSSR count). The minimum absolute atomic E-state index is 0.287. The molecule has 0 unspecified atom stereocenters. The number of benzene rings is 3. The number of nitrogens with one attached hydrogen (secondary N) is 1. The fourth-order valence-corrected chi connectivity index (χ4v) is 3.20. The Labute approximate surface area is 183 Å². The predicted octanol–water partition coefficient (Wildman–Crippen LogP) is 5.68. The number of hydrogen-bond acceptors (Lipinski definition) is 4. The molecule has 0 saturated carbocycles. The number of methoxy groups -OCH3 is 1. The Hall–Kier alpha value is -3.73. The van der Waals surface area contributed by atoms with Gasteiger partial charge in [0, 0.05) is 35.0 Å². The summed E-state index contributed by atoms with van der Waals surface area (Å²) in [6, 6.07) is 21.6. The Balaban J connectivity index is 1.74. The Morgan fingerprint density at radius 3 is 2.55 bits per heavy atom. The molecule has 0 aliphatic carbocycles. The zero-order chi connectivity index (χ0) is 22.2. The zero-order valence-corrected chi connectivity index (χ0v) is 18.0. The lowest BCUT2D eigenvalue weighted by molar-refractivity contribution is -0.132. The quantitative estimate of drug-likeness (QED) is 0.438. The number of ether oxygens (including phenoxy) is 2. The van der Waals surface area contributed by atoms with E-state index in [1.165, 1.54) is 0 Å². The molecule has 0 spiro atoms. The molecule has 0 fully saturated rings. The summed E-state index contributed by atoms with van der Waals surface area (Å²) in [6.07, 6.45) is 1.69. The maximum atomic E-state index is 11.2. The molecule has 31 heavy (non-hydrogen) atoms. The van der Waals surface area contributed by atoms with Crippen LogP contribution in [0, 0.1) is 6.92 Å². The zero-order valence-electron chi connectivity index (χ0n) is 18.0. The fourth-order valence-electron chi connectivity index (χ4n) is 3.20. The van der Waals surface area contributed by atoms with E-state index in [1.54, 1.807) is 20.1 Å². The van der Waals surface area contributed by atoms with Crippen LogP contribution >= 0.6 is 0 Å². The topological polar surface area (TPSA) is 67.8 Å². The molecule has 2 N–H and O–H groups in total. The molecule has 0 saturated heterocycles. The minimum Gasteiger partial charge on any atom is -0.496 e. The lowest BCUT2D eigenvalue weighted by Gasteiger charge is -2.15. The largest absolute Gasteiger partial charge is 0.496 e. The van der Waals surface area contributed by atoms with Crippen LogP contribution in [0.2, 0.25) is 0 Å². The van der Waals surface area contributed by atoms with Gasteiger partial charge in [0.25, 0.3) is 0 Å². The molecule has 0 aromatic heterocycles. The summed E-state index contributed by atoms with van der Waals surface area (Å²) < 4.78 is 11.5. The summed E-state index contributed by atoms with van der Waals surface area (Å²) in [5, 5.41) is 12.6. The van der Waals surface area contributed by atoms with E-state index in [1.807, 2.05) is 73.7 Å². The Kier molecular flexibility index (Phi) is 7.33. The van der Waals surface area contributed by atoms with Gasteiger partial charge in [0.2, 0.25) is 0 Å². The first-order chi connectivity index (χ1) is 15.0. The van der Waals surface area contributed by atoms with Gasteiger partial charge < -0.3 is 19.9 Å². The van der Waals surface area contributed by atoms with Gasteiger partial charge in [-0.1, -0.05) is 42.5 Å². The SMILES string of the molecule is COc1cc(OCc2ccccc2)ccc1CNc1cccc(C)c1/C=C(\C)C(=O)O. The van der Waals surface area contributed by atoms with Crippen molar-refractivity contribution in [2.24, 2.45) is 0 Å². The summed E-state index contributed by atoms with van der Waals surface area (Å²) in [6.45, 7) is 4.57. The van der Waals surface area contributed by atoms with Gasteiger partial charge in [0.15, 0.2) is 0 Å². The maximum absolute atomic E-state index is 11.2. The van der Waals surface area contributed by atoms with Crippen molar-refractivity contribution in [3.05, 3.63) is 94.6 Å². The van der Waals surface area contributed by atoms with Gasteiger partial charge in [-0.15, -0.1) is 0 Å². The van der Waals surface area contributed by atoms with Gasteiger partial charge >= 0.3 is 5.97 Å². The molecule has 3 aromatic carbocycles.